The standard InChI is InChI=1S/C24H30N2O5/c1-5-14-15-10-19-24(29)23(16-8-6-7-9-17(16)25(24)4)11-18(20(15)21(23)30-12(2)27)26(19)22(14)31-13(3)28/h6-9,14-15,18-22,29H,5,10-11H2,1-4H3/t14-,15-,18-,19-,20+,21-,22+,23?,24-/m1/s1. The van der Waals surface area contributed by atoms with Gasteiger partial charge in [-0.25, -0.2) is 0 Å². The molecule has 7 heteroatoms. The van der Waals surface area contributed by atoms with Gasteiger partial charge in [0.2, 0.25) is 0 Å². The number of hydrogen-bond acceptors (Lipinski definition) is 7. The highest BCUT2D eigenvalue weighted by molar-refractivity contribution is 5.71. The van der Waals surface area contributed by atoms with E-state index in [1.54, 1.807) is 0 Å². The number of para-hydroxylation sites is 1. The predicted octanol–water partition coefficient (Wildman–Crippen LogP) is 2.02. The van der Waals surface area contributed by atoms with Gasteiger partial charge >= 0.3 is 11.9 Å². The maximum Gasteiger partial charge on any atom is 0.304 e. The van der Waals surface area contributed by atoms with Crippen LogP contribution in [0.1, 0.15) is 45.6 Å². The molecule has 5 heterocycles. The number of ether oxygens (including phenoxy) is 2. The lowest BCUT2D eigenvalue weighted by Gasteiger charge is -2.65. The van der Waals surface area contributed by atoms with E-state index in [9.17, 15) is 14.7 Å². The summed E-state index contributed by atoms with van der Waals surface area (Å²) in [5.74, 6) is -0.0840. The van der Waals surface area contributed by atoms with Gasteiger partial charge in [-0.1, -0.05) is 25.1 Å². The van der Waals surface area contributed by atoms with Crippen LogP contribution >= 0.6 is 0 Å². The number of piperidine rings is 4. The Kier molecular flexibility index (Phi) is 3.79. The quantitative estimate of drug-likeness (QED) is 0.741. The smallest absolute Gasteiger partial charge is 0.304 e. The van der Waals surface area contributed by atoms with Gasteiger partial charge < -0.3 is 19.5 Å². The summed E-state index contributed by atoms with van der Waals surface area (Å²) in [4.78, 5) is 28.6. The van der Waals surface area contributed by atoms with Crippen molar-refractivity contribution in [3.8, 4) is 0 Å². The Morgan fingerprint density at radius 3 is 2.58 bits per heavy atom. The summed E-state index contributed by atoms with van der Waals surface area (Å²) < 4.78 is 12.0. The molecule has 7 nitrogen and oxygen atoms in total. The monoisotopic (exact) mass is 426 g/mol. The molecule has 7 rings (SSSR count). The molecule has 2 unspecified atom stereocenters. The molecule has 1 N–H and O–H groups in total. The summed E-state index contributed by atoms with van der Waals surface area (Å²) in [6.07, 6.45) is 1.63. The number of anilines is 1. The number of carbonyl (C=O) groups excluding carboxylic acids is 2. The van der Waals surface area contributed by atoms with Crippen LogP contribution in [0.3, 0.4) is 0 Å². The SMILES string of the molecule is CC[C@@H]1[C@H]2C[C@H]3N([C@@H]4CC5(c6ccccc6N(C)[C@@]35O)[C@H](OC(C)=O)[C@@H]24)[C@H]1OC(C)=O. The number of hydrogen-bond donors (Lipinski definition) is 1. The molecule has 31 heavy (non-hydrogen) atoms. The van der Waals surface area contributed by atoms with Gasteiger partial charge in [0.05, 0.1) is 11.5 Å². The zero-order valence-corrected chi connectivity index (χ0v) is 18.4. The van der Waals surface area contributed by atoms with E-state index in [0.717, 1.165) is 24.1 Å². The van der Waals surface area contributed by atoms with Crippen LogP contribution in [0.25, 0.3) is 0 Å². The van der Waals surface area contributed by atoms with Crippen molar-refractivity contribution in [1.82, 2.24) is 4.90 Å². The van der Waals surface area contributed by atoms with Crippen molar-refractivity contribution in [2.75, 3.05) is 11.9 Å². The highest BCUT2D eigenvalue weighted by atomic mass is 16.6. The number of esters is 2. The van der Waals surface area contributed by atoms with Gasteiger partial charge in [0.25, 0.3) is 0 Å². The Morgan fingerprint density at radius 2 is 1.90 bits per heavy atom. The molecule has 0 amide bonds. The van der Waals surface area contributed by atoms with Gasteiger partial charge in [-0.05, 0) is 36.8 Å². The largest absolute Gasteiger partial charge is 0.461 e. The Labute approximate surface area is 182 Å². The van der Waals surface area contributed by atoms with E-state index in [1.165, 1.54) is 13.8 Å². The number of likely N-dealkylation sites (N-methyl/N-ethyl adjacent to an activating group) is 1. The average molecular weight is 427 g/mol. The number of fused-ring (bicyclic) bond motifs is 2. The van der Waals surface area contributed by atoms with Crippen LogP contribution in [0, 0.1) is 17.8 Å². The molecular formula is C24H30N2O5. The lowest BCUT2D eigenvalue weighted by molar-refractivity contribution is -0.257. The zero-order chi connectivity index (χ0) is 21.9. The Hall–Kier alpha value is -2.12. The second-order valence-corrected chi connectivity index (χ2v) is 10.1. The molecule has 1 saturated carbocycles. The Bertz CT molecular complexity index is 982. The molecule has 6 aliphatic rings. The van der Waals surface area contributed by atoms with E-state index in [-0.39, 0.29) is 48.0 Å². The first-order chi connectivity index (χ1) is 14.8. The zero-order valence-electron chi connectivity index (χ0n) is 18.4. The highest BCUT2D eigenvalue weighted by Crippen LogP contribution is 2.72. The van der Waals surface area contributed by atoms with Crippen molar-refractivity contribution in [1.29, 1.82) is 0 Å². The minimum atomic E-state index is -1.24. The van der Waals surface area contributed by atoms with Crippen molar-refractivity contribution in [2.24, 2.45) is 17.8 Å². The van der Waals surface area contributed by atoms with E-state index in [4.69, 9.17) is 9.47 Å². The van der Waals surface area contributed by atoms with Gasteiger partial charge in [0, 0.05) is 44.5 Å². The molecule has 5 aliphatic heterocycles. The maximum absolute atomic E-state index is 12.6. The van der Waals surface area contributed by atoms with Gasteiger partial charge in [-0.15, -0.1) is 0 Å². The third-order valence-electron chi connectivity index (χ3n) is 9.18. The summed E-state index contributed by atoms with van der Waals surface area (Å²) in [6, 6.07) is 8.04. The number of aliphatic hydroxyl groups is 1. The molecule has 10 atom stereocenters. The minimum absolute atomic E-state index is 0.111. The van der Waals surface area contributed by atoms with Crippen LogP contribution in [-0.2, 0) is 24.5 Å². The number of rotatable bonds is 3. The van der Waals surface area contributed by atoms with E-state index >= 15 is 0 Å². The molecule has 0 radical (unpaired) electrons. The van der Waals surface area contributed by atoms with Crippen molar-refractivity contribution < 1.29 is 24.2 Å². The average Bonchev–Trinajstić information content (AvgIpc) is 3.12. The summed E-state index contributed by atoms with van der Waals surface area (Å²) >= 11 is 0. The Morgan fingerprint density at radius 1 is 1.19 bits per heavy atom. The summed E-state index contributed by atoms with van der Waals surface area (Å²) in [6.45, 7) is 5.06. The molecule has 1 aromatic rings. The minimum Gasteiger partial charge on any atom is -0.461 e. The van der Waals surface area contributed by atoms with Crippen LogP contribution < -0.4 is 4.90 Å². The van der Waals surface area contributed by atoms with Crippen molar-refractivity contribution in [2.45, 2.75) is 75.6 Å². The number of nitrogens with zero attached hydrogens (tertiary/aromatic N) is 2. The van der Waals surface area contributed by atoms with Crippen LogP contribution in [0.15, 0.2) is 24.3 Å². The van der Waals surface area contributed by atoms with Gasteiger partial charge in [-0.3, -0.25) is 14.5 Å². The fraction of sp³-hybridized carbons (Fsp3) is 0.667. The van der Waals surface area contributed by atoms with Crippen molar-refractivity contribution in [3.05, 3.63) is 29.8 Å². The van der Waals surface area contributed by atoms with E-state index in [0.29, 0.717) is 6.42 Å². The third kappa shape index (κ3) is 1.99. The molecule has 1 spiro atoms. The fourth-order valence-electron chi connectivity index (χ4n) is 8.47. The van der Waals surface area contributed by atoms with Crippen LogP contribution in [0.4, 0.5) is 5.69 Å². The fourth-order valence-corrected chi connectivity index (χ4v) is 8.47. The van der Waals surface area contributed by atoms with Gasteiger partial charge in [-0.2, -0.15) is 0 Å². The lowest BCUT2D eigenvalue weighted by Crippen LogP contribution is -2.78. The molecule has 0 aromatic heterocycles. The van der Waals surface area contributed by atoms with Gasteiger partial charge in [0.15, 0.2) is 12.0 Å². The first-order valence-corrected chi connectivity index (χ1v) is 11.4. The highest BCUT2D eigenvalue weighted by Gasteiger charge is 2.83. The molecule has 1 aromatic carbocycles. The maximum atomic E-state index is 12.6. The van der Waals surface area contributed by atoms with Crippen LogP contribution in [0.5, 0.6) is 0 Å². The second-order valence-electron chi connectivity index (χ2n) is 10.1. The van der Waals surface area contributed by atoms with E-state index < -0.39 is 17.2 Å². The third-order valence-corrected chi connectivity index (χ3v) is 9.18. The summed E-state index contributed by atoms with van der Waals surface area (Å²) in [5.41, 5.74) is 0.138. The first kappa shape index (κ1) is 19.6. The predicted molar refractivity (Wildman–Crippen MR) is 112 cm³/mol. The molecule has 5 bridgehead atoms. The summed E-state index contributed by atoms with van der Waals surface area (Å²) in [7, 11) is 1.94. The molecular weight excluding hydrogens is 396 g/mol. The van der Waals surface area contributed by atoms with Crippen LogP contribution in [0.2, 0.25) is 0 Å². The topological polar surface area (TPSA) is 79.3 Å². The van der Waals surface area contributed by atoms with Gasteiger partial charge in [0.1, 0.15) is 6.10 Å². The normalized spacial score (nSPS) is 47.8. The molecule has 4 saturated heterocycles. The van der Waals surface area contributed by atoms with E-state index in [2.05, 4.69) is 17.9 Å². The molecule has 5 fully saturated rings. The number of carbonyl (C=O) groups is 2. The van der Waals surface area contributed by atoms with Crippen molar-refractivity contribution in [3.63, 3.8) is 0 Å². The Balaban J connectivity index is 1.60. The van der Waals surface area contributed by atoms with Crippen LogP contribution in [-0.4, -0.2) is 59.1 Å². The lowest BCUT2D eigenvalue weighted by atomic mass is 9.61. The van der Waals surface area contributed by atoms with Crippen molar-refractivity contribution >= 4 is 17.6 Å². The molecule has 1 aliphatic carbocycles. The molecule has 166 valence electrons. The second kappa shape index (κ2) is 6.01. The van der Waals surface area contributed by atoms with E-state index in [1.807, 2.05) is 30.1 Å². The summed E-state index contributed by atoms with van der Waals surface area (Å²) in [5, 5.41) is 12.6. The number of benzene rings is 1. The first-order valence-electron chi connectivity index (χ1n) is 11.4.